The fraction of sp³-hybridized carbons (Fsp3) is 0.829. The van der Waals surface area contributed by atoms with Crippen LogP contribution in [-0.4, -0.2) is 171 Å². The molecule has 1 aliphatic carbocycles. The van der Waals surface area contributed by atoms with Gasteiger partial charge in [0.25, 0.3) is 0 Å². The molecule has 4 aliphatic rings. The van der Waals surface area contributed by atoms with E-state index in [4.69, 9.17) is 62.4 Å². The van der Waals surface area contributed by atoms with Gasteiger partial charge in [0.05, 0.1) is 37.4 Å². The fourth-order valence-corrected chi connectivity index (χ4v) is 8.57. The number of azide groups is 6. The third-order valence-corrected chi connectivity index (χ3v) is 11.0. The summed E-state index contributed by atoms with van der Waals surface area (Å²) in [6, 6.07) is -6.47. The molecule has 0 spiro atoms. The number of carbonyl (C=O) groups excluding carboxylic acids is 6. The van der Waals surface area contributed by atoms with Crippen molar-refractivity contribution in [3.63, 3.8) is 0 Å². The second-order valence-corrected chi connectivity index (χ2v) is 15.9. The maximum Gasteiger partial charge on any atom is 0.303 e. The summed E-state index contributed by atoms with van der Waals surface area (Å²) < 4.78 is 70.7. The highest BCUT2D eigenvalue weighted by Gasteiger charge is 2.59. The molecule has 0 aromatic carbocycles. The van der Waals surface area contributed by atoms with Crippen LogP contribution in [0.5, 0.6) is 0 Å². The molecule has 0 radical (unpaired) electrons. The Balaban J connectivity index is 1.91. The van der Waals surface area contributed by atoms with Crippen LogP contribution in [0.2, 0.25) is 0 Å². The number of hydrogen-bond donors (Lipinski definition) is 1. The third kappa shape index (κ3) is 14.9. The van der Waals surface area contributed by atoms with E-state index in [9.17, 15) is 56.4 Å². The van der Waals surface area contributed by atoms with E-state index < -0.39 is 172 Å². The van der Waals surface area contributed by atoms with Crippen molar-refractivity contribution in [2.75, 3.05) is 18.8 Å². The summed E-state index contributed by atoms with van der Waals surface area (Å²) in [4.78, 5) is 91.9. The van der Waals surface area contributed by atoms with Crippen molar-refractivity contribution in [3.8, 4) is 0 Å². The molecule has 0 aromatic rings. The molecule has 4 rings (SSSR count). The van der Waals surface area contributed by atoms with E-state index in [-0.39, 0.29) is 5.75 Å². The second kappa shape index (κ2) is 27.4. The summed E-state index contributed by atoms with van der Waals surface area (Å²) in [7, 11) is 0. The summed E-state index contributed by atoms with van der Waals surface area (Å²) in [5.41, 5.74) is 57.2. The van der Waals surface area contributed by atoms with Crippen LogP contribution in [0, 0.1) is 0 Å². The van der Waals surface area contributed by atoms with E-state index in [1.165, 1.54) is 0 Å². The highest BCUT2D eigenvalue weighted by atomic mass is 32.1. The van der Waals surface area contributed by atoms with Crippen LogP contribution < -0.4 is 0 Å². The minimum atomic E-state index is -1.95. The molecular weight excluding hydrogens is 993 g/mol. The molecule has 37 heteroatoms. The van der Waals surface area contributed by atoms with Crippen molar-refractivity contribution in [2.45, 2.75) is 164 Å². The zero-order chi connectivity index (χ0) is 53.2. The molecule has 0 aromatic heterocycles. The lowest BCUT2D eigenvalue weighted by Crippen LogP contribution is -2.65. The Morgan fingerprint density at radius 2 is 0.778 bits per heavy atom. The number of nitrogens with zero attached hydrogens (tertiary/aromatic N) is 18. The molecule has 3 saturated heterocycles. The maximum absolute atomic E-state index is 12.9. The van der Waals surface area contributed by atoms with E-state index >= 15 is 0 Å². The third-order valence-electron chi connectivity index (χ3n) is 10.7. The van der Waals surface area contributed by atoms with Gasteiger partial charge in [-0.2, -0.15) is 12.6 Å². The van der Waals surface area contributed by atoms with Gasteiger partial charge in [-0.15, -0.1) is 0 Å². The van der Waals surface area contributed by atoms with E-state index in [1.807, 2.05) is 0 Å². The Labute approximate surface area is 409 Å². The monoisotopic (exact) mass is 1040 g/mol. The van der Waals surface area contributed by atoms with Crippen molar-refractivity contribution in [2.24, 2.45) is 30.7 Å². The first-order valence-corrected chi connectivity index (χ1v) is 21.7. The molecule has 4 fully saturated rings. The Bertz CT molecular complexity index is 2320. The molecule has 0 N–H and O–H groups in total. The van der Waals surface area contributed by atoms with Gasteiger partial charge in [0.1, 0.15) is 42.6 Å². The maximum atomic E-state index is 12.9. The van der Waals surface area contributed by atoms with Gasteiger partial charge in [-0.05, 0) is 39.6 Å². The Morgan fingerprint density at radius 3 is 1.17 bits per heavy atom. The van der Waals surface area contributed by atoms with Crippen LogP contribution in [0.3, 0.4) is 0 Å². The second-order valence-electron chi connectivity index (χ2n) is 15.6. The van der Waals surface area contributed by atoms with Gasteiger partial charge >= 0.3 is 35.8 Å². The molecule has 3 aliphatic heterocycles. The smallest absolute Gasteiger partial charge is 0.303 e. The summed E-state index contributed by atoms with van der Waals surface area (Å²) in [5.74, 6) is -6.07. The highest BCUT2D eigenvalue weighted by molar-refractivity contribution is 7.80. The van der Waals surface area contributed by atoms with E-state index in [0.717, 1.165) is 41.5 Å². The molecule has 7 unspecified atom stereocenters. The predicted molar refractivity (Wildman–Crippen MR) is 232 cm³/mol. The number of esters is 6. The standard InChI is InChI=1S/C35H46N18O18S/c1-11(54)60-24-17(44-50-38)7-18(45-51-39)25(69-33-22(46-52-40)29(63-14(4)57)26(61-12(2)55)19(66-33)8-42-48-36)31(24)71-35-32(65-16(6)59)28(21(10-72)68-35)70-34-23(47-53-41)30(64-15(5)58)27(62-13(3)56)20(67-34)9-43-49-37/h17-35,72H,7-10H2,1-6H3/t17-,18?,19?,20+,21-,22?,23?,24?,25+,26+,27-,28+,29-,30?,31-,32?,33+,34-,35+/m1/s1. The van der Waals surface area contributed by atoms with Crippen molar-refractivity contribution >= 4 is 48.4 Å². The normalized spacial score (nSPS) is 34.6. The van der Waals surface area contributed by atoms with Gasteiger partial charge in [0.15, 0.2) is 49.4 Å². The zero-order valence-electron chi connectivity index (χ0n) is 38.6. The minimum absolute atomic E-state index is 0.301. The molecule has 0 amide bonds. The average Bonchev–Trinajstić information content (AvgIpc) is 3.61. The molecular formula is C35H46N18O18S. The van der Waals surface area contributed by atoms with E-state index in [1.54, 1.807) is 0 Å². The van der Waals surface area contributed by atoms with Crippen LogP contribution in [-0.2, 0) is 85.6 Å². The molecule has 390 valence electrons. The van der Waals surface area contributed by atoms with Crippen molar-refractivity contribution < 1.29 is 85.6 Å². The van der Waals surface area contributed by atoms with Gasteiger partial charge in [0, 0.05) is 76.8 Å². The van der Waals surface area contributed by atoms with Gasteiger partial charge in [0.2, 0.25) is 0 Å². The van der Waals surface area contributed by atoms with Crippen LogP contribution in [0.15, 0.2) is 30.7 Å². The van der Waals surface area contributed by atoms with Gasteiger partial charge in [-0.3, -0.25) is 28.8 Å². The summed E-state index contributed by atoms with van der Waals surface area (Å²) in [6.07, 6.45) is -25.8. The first-order valence-electron chi connectivity index (χ1n) is 21.1. The summed E-state index contributed by atoms with van der Waals surface area (Å²) >= 11 is 4.38. The van der Waals surface area contributed by atoms with Crippen LogP contribution in [0.1, 0.15) is 48.0 Å². The molecule has 3 heterocycles. The molecule has 0 bridgehead atoms. The lowest BCUT2D eigenvalue weighted by atomic mass is 9.83. The average molecular weight is 1040 g/mol. The first-order chi connectivity index (χ1) is 34.4. The van der Waals surface area contributed by atoms with Crippen molar-refractivity contribution in [3.05, 3.63) is 62.7 Å². The number of ether oxygens (including phenoxy) is 12. The van der Waals surface area contributed by atoms with Gasteiger partial charge < -0.3 is 56.8 Å². The van der Waals surface area contributed by atoms with Crippen molar-refractivity contribution in [1.29, 1.82) is 0 Å². The molecule has 19 atom stereocenters. The summed E-state index contributed by atoms with van der Waals surface area (Å²) in [6.45, 7) is 4.74. The van der Waals surface area contributed by atoms with Gasteiger partial charge in [-0.1, -0.05) is 30.7 Å². The quantitative estimate of drug-likeness (QED) is 0.0428. The van der Waals surface area contributed by atoms with Crippen LogP contribution in [0.4, 0.5) is 0 Å². The Kier molecular flexibility index (Phi) is 21.8. The largest absolute Gasteiger partial charge is 0.459 e. The zero-order valence-corrected chi connectivity index (χ0v) is 39.5. The molecule has 1 saturated carbocycles. The number of carbonyl (C=O) groups is 6. The van der Waals surface area contributed by atoms with Crippen molar-refractivity contribution in [1.82, 2.24) is 0 Å². The molecule has 36 nitrogen and oxygen atoms in total. The number of rotatable bonds is 21. The van der Waals surface area contributed by atoms with Crippen LogP contribution in [0.25, 0.3) is 62.7 Å². The minimum Gasteiger partial charge on any atom is -0.459 e. The lowest BCUT2D eigenvalue weighted by Gasteiger charge is -2.48. The fourth-order valence-electron chi connectivity index (χ4n) is 8.27. The van der Waals surface area contributed by atoms with E-state index in [0.29, 0.717) is 0 Å². The number of thiol groups is 1. The Hall–Kier alpha value is -7.21. The SMILES string of the molecule is CC(=O)OC1[C@H](O[C@@H]2C(OC(C)=O)[C@H](N=[N+]=[N-])CC(N=[N+]=[N-])[C@@H]2O[C@@H]2OC(CN=[N+]=[N-])[C@H](OC(C)=O)[C@H](OC(C)=O)C2N=[N+]=[N-])O[C@H](CS)[C@@H]1O[C@H]1O[C@@H](CN=[N+]=[N-])[C@@H](OC(C)=O)C(OC(C)=O)C1N=[N+]=[N-]. The highest BCUT2D eigenvalue weighted by Crippen LogP contribution is 2.41. The number of hydrogen-bond acceptors (Lipinski definition) is 25. The van der Waals surface area contributed by atoms with Gasteiger partial charge in [-0.25, -0.2) is 0 Å². The molecule has 72 heavy (non-hydrogen) atoms. The Morgan fingerprint density at radius 1 is 0.431 bits per heavy atom. The topological polar surface area (TPSA) is 506 Å². The first kappa shape index (κ1) is 57.4. The van der Waals surface area contributed by atoms with Crippen LogP contribution >= 0.6 is 12.6 Å². The summed E-state index contributed by atoms with van der Waals surface area (Å²) in [5, 5.41) is 21.9. The lowest BCUT2D eigenvalue weighted by molar-refractivity contribution is -0.309. The predicted octanol–water partition coefficient (Wildman–Crippen LogP) is 3.58. The van der Waals surface area contributed by atoms with E-state index in [2.05, 4.69) is 72.8 Å².